The summed E-state index contributed by atoms with van der Waals surface area (Å²) < 4.78 is 37.1. The molecule has 2 atom stereocenters. The van der Waals surface area contributed by atoms with E-state index in [0.717, 1.165) is 5.69 Å². The smallest absolute Gasteiger partial charge is 0.316 e. The summed E-state index contributed by atoms with van der Waals surface area (Å²) in [5, 5.41) is 3.86. The highest BCUT2D eigenvalue weighted by atomic mass is 19.3. The number of hydrogen-bond acceptors (Lipinski definition) is 10. The topological polar surface area (TPSA) is 136 Å². The molecule has 0 bridgehead atoms. The second kappa shape index (κ2) is 9.37. The zero-order chi connectivity index (χ0) is 25.4. The summed E-state index contributed by atoms with van der Waals surface area (Å²) in [6.45, 7) is 2.11. The highest BCUT2D eigenvalue weighted by Crippen LogP contribution is 2.52. The molecule has 11 nitrogen and oxygen atoms in total. The van der Waals surface area contributed by atoms with E-state index in [1.54, 1.807) is 16.8 Å². The number of nitrogens with two attached hydrogens (primary N) is 1. The average Bonchev–Trinajstić information content (AvgIpc) is 3.26. The summed E-state index contributed by atoms with van der Waals surface area (Å²) in [5.74, 6) is -2.39. The van der Waals surface area contributed by atoms with E-state index < -0.39 is 18.4 Å². The number of likely N-dealkylation sites (tertiary alicyclic amines) is 1. The van der Waals surface area contributed by atoms with Gasteiger partial charge in [-0.15, -0.1) is 0 Å². The molecule has 1 amide bonds. The summed E-state index contributed by atoms with van der Waals surface area (Å²) in [6, 6.07) is 9.45. The molecule has 1 aromatic carbocycles. The molecule has 2 N–H and O–H groups in total. The Morgan fingerprint density at radius 3 is 2.58 bits per heavy atom. The lowest BCUT2D eigenvalue weighted by Gasteiger charge is -2.18. The fourth-order valence-electron chi connectivity index (χ4n) is 4.44. The molecule has 1 aliphatic carbocycles. The number of alkyl halides is 2. The number of benzene rings is 1. The quantitative estimate of drug-likeness (QED) is 0.467. The SMILES string of the molecule is CCC(F)(F)COCC1C2CN(C(=O)c3nc(-c4nc(N)nc(N(C)c5ccccc5)n4)no3)CC12. The first-order valence-corrected chi connectivity index (χ1v) is 11.6. The Hall–Kier alpha value is -3.74. The van der Waals surface area contributed by atoms with Crippen LogP contribution in [-0.4, -0.2) is 75.2 Å². The standard InChI is InChI=1S/C23H26F2N8O3/c1-3-23(24,25)12-35-11-16-14-9-33(10-15(14)16)20(34)19-27-18(31-36-19)17-28-21(26)30-22(29-17)32(2)13-7-5-4-6-8-13/h4-8,14-16H,3,9-12H2,1-2H3,(H2,26,28,29,30). The van der Waals surface area contributed by atoms with E-state index in [9.17, 15) is 13.6 Å². The van der Waals surface area contributed by atoms with E-state index in [2.05, 4.69) is 25.1 Å². The zero-order valence-corrected chi connectivity index (χ0v) is 19.8. The van der Waals surface area contributed by atoms with Gasteiger partial charge in [0.1, 0.15) is 6.61 Å². The number of halogens is 2. The monoisotopic (exact) mass is 500 g/mol. The lowest BCUT2D eigenvalue weighted by molar-refractivity contribution is -0.0821. The first-order valence-electron chi connectivity index (χ1n) is 11.6. The molecule has 2 aliphatic rings. The van der Waals surface area contributed by atoms with Crippen LogP contribution in [0.1, 0.15) is 24.0 Å². The van der Waals surface area contributed by atoms with Crippen molar-refractivity contribution in [2.24, 2.45) is 17.8 Å². The number of nitrogen functional groups attached to an aromatic ring is 1. The predicted octanol–water partition coefficient (Wildman–Crippen LogP) is 2.65. The Balaban J connectivity index is 1.21. The molecule has 36 heavy (non-hydrogen) atoms. The minimum Gasteiger partial charge on any atom is -0.375 e. The second-order valence-corrected chi connectivity index (χ2v) is 9.06. The molecule has 2 aromatic heterocycles. The Labute approximate surface area is 205 Å². The number of nitrogens with zero attached hydrogens (tertiary/aromatic N) is 7. The lowest BCUT2D eigenvalue weighted by atomic mass is 10.2. The van der Waals surface area contributed by atoms with E-state index in [1.807, 2.05) is 30.3 Å². The van der Waals surface area contributed by atoms with Gasteiger partial charge >= 0.3 is 11.8 Å². The largest absolute Gasteiger partial charge is 0.375 e. The number of ether oxygens (including phenoxy) is 1. The number of anilines is 3. The molecular formula is C23H26F2N8O3. The number of aromatic nitrogens is 5. The summed E-state index contributed by atoms with van der Waals surface area (Å²) in [5.41, 5.74) is 6.72. The van der Waals surface area contributed by atoms with Crippen molar-refractivity contribution in [3.8, 4) is 11.6 Å². The van der Waals surface area contributed by atoms with Crippen LogP contribution >= 0.6 is 0 Å². The predicted molar refractivity (Wildman–Crippen MR) is 124 cm³/mol. The van der Waals surface area contributed by atoms with Crippen LogP contribution < -0.4 is 10.6 Å². The maximum Gasteiger partial charge on any atom is 0.316 e. The molecule has 13 heteroatoms. The van der Waals surface area contributed by atoms with E-state index in [1.165, 1.54) is 6.92 Å². The van der Waals surface area contributed by atoms with Crippen molar-refractivity contribution < 1.29 is 22.8 Å². The fraction of sp³-hybridized carbons (Fsp3) is 0.478. The van der Waals surface area contributed by atoms with Crippen molar-refractivity contribution in [2.45, 2.75) is 19.3 Å². The number of carbonyl (C=O) groups is 1. The number of fused-ring (bicyclic) bond motifs is 1. The van der Waals surface area contributed by atoms with Crippen LogP contribution in [0.25, 0.3) is 11.6 Å². The van der Waals surface area contributed by atoms with Crippen LogP contribution in [0.5, 0.6) is 0 Å². The molecule has 2 unspecified atom stereocenters. The van der Waals surface area contributed by atoms with Gasteiger partial charge in [-0.3, -0.25) is 4.79 Å². The van der Waals surface area contributed by atoms with Gasteiger partial charge < -0.3 is 24.8 Å². The molecule has 0 radical (unpaired) electrons. The molecule has 1 saturated carbocycles. The lowest BCUT2D eigenvalue weighted by Crippen LogP contribution is -2.32. The number of amides is 1. The number of rotatable bonds is 9. The normalized spacial score (nSPS) is 20.9. The van der Waals surface area contributed by atoms with Gasteiger partial charge in [0.25, 0.3) is 5.92 Å². The zero-order valence-electron chi connectivity index (χ0n) is 19.8. The third kappa shape index (κ3) is 4.83. The molecule has 190 valence electrons. The average molecular weight is 501 g/mol. The van der Waals surface area contributed by atoms with Gasteiger partial charge in [-0.05, 0) is 29.9 Å². The van der Waals surface area contributed by atoms with Crippen molar-refractivity contribution in [2.75, 3.05) is 44.0 Å². The van der Waals surface area contributed by atoms with Gasteiger partial charge in [-0.1, -0.05) is 30.3 Å². The molecule has 3 aromatic rings. The fourth-order valence-corrected chi connectivity index (χ4v) is 4.44. The summed E-state index contributed by atoms with van der Waals surface area (Å²) in [7, 11) is 1.78. The van der Waals surface area contributed by atoms with Gasteiger partial charge in [0.15, 0.2) is 0 Å². The molecule has 2 fully saturated rings. The van der Waals surface area contributed by atoms with Crippen molar-refractivity contribution in [3.63, 3.8) is 0 Å². The van der Waals surface area contributed by atoms with Crippen molar-refractivity contribution >= 4 is 23.5 Å². The van der Waals surface area contributed by atoms with Crippen LogP contribution in [0, 0.1) is 17.8 Å². The maximum absolute atomic E-state index is 13.3. The van der Waals surface area contributed by atoms with E-state index in [0.29, 0.717) is 13.1 Å². The number of hydrogen-bond donors (Lipinski definition) is 1. The molecular weight excluding hydrogens is 474 g/mol. The number of carbonyl (C=O) groups excluding carboxylic acids is 1. The number of para-hydroxylation sites is 1. The van der Waals surface area contributed by atoms with Crippen molar-refractivity contribution in [1.29, 1.82) is 0 Å². The minimum atomic E-state index is -2.80. The van der Waals surface area contributed by atoms with Gasteiger partial charge in [0, 0.05) is 32.2 Å². The first-order chi connectivity index (χ1) is 17.3. The Kier molecular flexibility index (Phi) is 6.24. The summed E-state index contributed by atoms with van der Waals surface area (Å²) in [6.07, 6.45) is -0.249. The van der Waals surface area contributed by atoms with E-state index >= 15 is 0 Å². The number of piperidine rings is 1. The highest BCUT2D eigenvalue weighted by molar-refractivity contribution is 5.90. The van der Waals surface area contributed by atoms with Crippen molar-refractivity contribution in [1.82, 2.24) is 30.0 Å². The van der Waals surface area contributed by atoms with Crippen LogP contribution in [0.2, 0.25) is 0 Å². The van der Waals surface area contributed by atoms with Crippen molar-refractivity contribution in [3.05, 3.63) is 36.2 Å². The van der Waals surface area contributed by atoms with Gasteiger partial charge in [-0.25, -0.2) is 8.78 Å². The van der Waals surface area contributed by atoms with Crippen LogP contribution in [0.3, 0.4) is 0 Å². The Bertz CT molecular complexity index is 1230. The third-order valence-corrected chi connectivity index (χ3v) is 6.69. The highest BCUT2D eigenvalue weighted by Gasteiger charge is 2.57. The summed E-state index contributed by atoms with van der Waals surface area (Å²) in [4.78, 5) is 33.1. The van der Waals surface area contributed by atoms with Crippen LogP contribution in [0.15, 0.2) is 34.9 Å². The van der Waals surface area contributed by atoms with Crippen LogP contribution in [0.4, 0.5) is 26.4 Å². The Morgan fingerprint density at radius 2 is 1.89 bits per heavy atom. The van der Waals surface area contributed by atoms with Gasteiger partial charge in [-0.2, -0.15) is 19.9 Å². The maximum atomic E-state index is 13.3. The van der Waals surface area contributed by atoms with E-state index in [-0.39, 0.29) is 60.2 Å². The van der Waals surface area contributed by atoms with Gasteiger partial charge in [0.05, 0.1) is 6.61 Å². The molecule has 3 heterocycles. The van der Waals surface area contributed by atoms with Gasteiger partial charge in [0.2, 0.25) is 23.5 Å². The molecule has 1 saturated heterocycles. The minimum absolute atomic E-state index is 0.0163. The third-order valence-electron chi connectivity index (χ3n) is 6.69. The molecule has 1 aliphatic heterocycles. The second-order valence-electron chi connectivity index (χ2n) is 9.06. The first kappa shape index (κ1) is 24.0. The van der Waals surface area contributed by atoms with E-state index in [4.69, 9.17) is 15.0 Å². The molecule has 0 spiro atoms. The Morgan fingerprint density at radius 1 is 1.17 bits per heavy atom. The van der Waals surface area contributed by atoms with Crippen LogP contribution in [-0.2, 0) is 4.74 Å². The summed E-state index contributed by atoms with van der Waals surface area (Å²) >= 11 is 0. The molecule has 5 rings (SSSR count).